The number of anilines is 2. The Kier molecular flexibility index (Phi) is 9.55. The van der Waals surface area contributed by atoms with Gasteiger partial charge in [0, 0.05) is 43.1 Å². The molecule has 4 aliphatic heterocycles. The lowest BCUT2D eigenvalue weighted by atomic mass is 9.89. The summed E-state index contributed by atoms with van der Waals surface area (Å²) in [5.74, 6) is -2.41. The minimum atomic E-state index is -4.73. The fourth-order valence-corrected chi connectivity index (χ4v) is 7.92. The number of nitrogens with zero attached hydrogens (tertiary/aromatic N) is 6. The summed E-state index contributed by atoms with van der Waals surface area (Å²) in [6.07, 6.45) is 2.66. The normalized spacial score (nSPS) is 20.6. The molecule has 0 saturated carbocycles. The summed E-state index contributed by atoms with van der Waals surface area (Å²) in [4.78, 5) is 72.3. The Hall–Kier alpha value is -5.56. The molecule has 1 atom stereocenters. The Bertz CT molecular complexity index is 2070. The van der Waals surface area contributed by atoms with Crippen LogP contribution in [-0.2, 0) is 26.1 Å². The number of halogens is 3. The van der Waals surface area contributed by atoms with Crippen molar-refractivity contribution in [1.29, 1.82) is 0 Å². The second-order valence-electron chi connectivity index (χ2n) is 14.8. The number of piperidine rings is 3. The van der Waals surface area contributed by atoms with Gasteiger partial charge in [0.2, 0.25) is 11.8 Å². The van der Waals surface area contributed by atoms with Gasteiger partial charge in [-0.3, -0.25) is 38.9 Å². The zero-order chi connectivity index (χ0) is 38.5. The molecular formula is C38H39F3N8O5. The average molecular weight is 745 g/mol. The maximum atomic E-state index is 13.5. The van der Waals surface area contributed by atoms with Gasteiger partial charge >= 0.3 is 6.18 Å². The lowest BCUT2D eigenvalue weighted by Gasteiger charge is -2.42. The molecule has 1 aromatic heterocycles. The van der Waals surface area contributed by atoms with Crippen LogP contribution in [0.4, 0.5) is 30.2 Å². The average Bonchev–Trinajstić information content (AvgIpc) is 3.75. The van der Waals surface area contributed by atoms with E-state index < -0.39 is 58.5 Å². The molecule has 0 radical (unpaired) electrons. The number of likely N-dealkylation sites (tertiary alicyclic amines) is 1. The van der Waals surface area contributed by atoms with Crippen molar-refractivity contribution in [3.63, 3.8) is 0 Å². The molecule has 4 aliphatic rings. The molecule has 0 aliphatic carbocycles. The van der Waals surface area contributed by atoms with Gasteiger partial charge < -0.3 is 15.1 Å². The largest absolute Gasteiger partial charge is 0.407 e. The van der Waals surface area contributed by atoms with Gasteiger partial charge in [-0.15, -0.1) is 0 Å². The minimum Gasteiger partial charge on any atom is -0.371 e. The maximum absolute atomic E-state index is 13.5. The molecule has 282 valence electrons. The van der Waals surface area contributed by atoms with Crippen LogP contribution in [0.3, 0.4) is 0 Å². The molecule has 16 heteroatoms. The van der Waals surface area contributed by atoms with Crippen molar-refractivity contribution < 1.29 is 37.1 Å². The summed E-state index contributed by atoms with van der Waals surface area (Å²) in [7, 11) is 0. The standard InChI is InChI=1S/C38H39F3N8O5/c1-37(2,36(54)44-24-4-7-30(42-3)29(18-24)38(39,40)41)48-21-23(20-43-48)22-10-14-46(15-11-22)25-12-16-47(17-13-25)26-5-6-27-28(19-26)35(53)49(34(27)52)31-8-9-32(50)45-33(31)51/h4-7,18-22,25,31H,8-17H2,1-2H3,(H,44,54)(H,45,50,51). The Morgan fingerprint density at radius 2 is 1.63 bits per heavy atom. The third-order valence-corrected chi connectivity index (χ3v) is 11.2. The number of rotatable bonds is 7. The zero-order valence-corrected chi connectivity index (χ0v) is 29.8. The van der Waals surface area contributed by atoms with Gasteiger partial charge in [0.05, 0.1) is 29.5 Å². The molecule has 54 heavy (non-hydrogen) atoms. The van der Waals surface area contributed by atoms with E-state index in [0.717, 1.165) is 80.1 Å². The first-order chi connectivity index (χ1) is 25.6. The van der Waals surface area contributed by atoms with Crippen molar-refractivity contribution in [1.82, 2.24) is 24.9 Å². The maximum Gasteiger partial charge on any atom is 0.407 e. The molecule has 5 amide bonds. The minimum absolute atomic E-state index is 0.0596. The number of hydrogen-bond donors (Lipinski definition) is 2. The van der Waals surface area contributed by atoms with Gasteiger partial charge in [0.25, 0.3) is 17.7 Å². The number of amides is 5. The van der Waals surface area contributed by atoms with Gasteiger partial charge in [0.15, 0.2) is 5.69 Å². The van der Waals surface area contributed by atoms with E-state index in [-0.39, 0.29) is 35.6 Å². The number of benzene rings is 2. The molecule has 0 bridgehead atoms. The van der Waals surface area contributed by atoms with Crippen LogP contribution >= 0.6 is 0 Å². The number of aromatic nitrogens is 2. The summed E-state index contributed by atoms with van der Waals surface area (Å²) in [5.41, 5.74) is -0.552. The Labute approximate surface area is 309 Å². The highest BCUT2D eigenvalue weighted by Gasteiger charge is 2.45. The zero-order valence-electron chi connectivity index (χ0n) is 29.8. The molecule has 2 aromatic carbocycles. The highest BCUT2D eigenvalue weighted by atomic mass is 19.4. The van der Waals surface area contributed by atoms with Crippen molar-refractivity contribution in [2.45, 2.75) is 82.1 Å². The quantitative estimate of drug-likeness (QED) is 0.252. The van der Waals surface area contributed by atoms with E-state index in [2.05, 4.69) is 30.4 Å². The number of alkyl halides is 3. The van der Waals surface area contributed by atoms with Crippen molar-refractivity contribution in [3.8, 4) is 0 Å². The van der Waals surface area contributed by atoms with Crippen molar-refractivity contribution in [3.05, 3.63) is 82.5 Å². The van der Waals surface area contributed by atoms with E-state index >= 15 is 0 Å². The number of imide groups is 2. The number of fused-ring (bicyclic) bond motifs is 1. The summed E-state index contributed by atoms with van der Waals surface area (Å²) in [6, 6.07) is 7.69. The van der Waals surface area contributed by atoms with Gasteiger partial charge in [-0.05, 0) is 101 Å². The third kappa shape index (κ3) is 6.84. The van der Waals surface area contributed by atoms with Gasteiger partial charge in [0.1, 0.15) is 11.6 Å². The molecule has 3 aromatic rings. The molecule has 5 heterocycles. The summed E-state index contributed by atoms with van der Waals surface area (Å²) in [6.45, 7) is 13.6. The predicted octanol–water partition coefficient (Wildman–Crippen LogP) is 5.08. The van der Waals surface area contributed by atoms with E-state index in [1.165, 1.54) is 10.7 Å². The summed E-state index contributed by atoms with van der Waals surface area (Å²) >= 11 is 0. The highest BCUT2D eigenvalue weighted by molar-refractivity contribution is 6.23. The third-order valence-electron chi connectivity index (χ3n) is 11.2. The van der Waals surface area contributed by atoms with E-state index in [4.69, 9.17) is 6.57 Å². The Morgan fingerprint density at radius 3 is 2.30 bits per heavy atom. The topological polar surface area (TPSA) is 141 Å². The number of carbonyl (C=O) groups is 5. The lowest BCUT2D eigenvalue weighted by Crippen LogP contribution is -2.54. The number of nitrogens with one attached hydrogen (secondary N) is 2. The molecule has 1 unspecified atom stereocenters. The first-order valence-electron chi connectivity index (χ1n) is 18.0. The lowest BCUT2D eigenvalue weighted by molar-refractivity contribution is -0.137. The van der Waals surface area contributed by atoms with Crippen LogP contribution in [0, 0.1) is 6.57 Å². The predicted molar refractivity (Wildman–Crippen MR) is 190 cm³/mol. The van der Waals surface area contributed by atoms with Gasteiger partial charge in [-0.2, -0.15) is 18.3 Å². The van der Waals surface area contributed by atoms with E-state index in [9.17, 15) is 37.1 Å². The van der Waals surface area contributed by atoms with E-state index in [1.54, 1.807) is 32.2 Å². The molecule has 3 saturated heterocycles. The second kappa shape index (κ2) is 14.0. The Balaban J connectivity index is 0.918. The SMILES string of the molecule is [C-]#[N+]c1ccc(NC(=O)C(C)(C)n2cc(C3CCN(C4CCN(c5ccc6c(c5)C(=O)N(C5CCC(=O)NC5=O)C6=O)CC4)CC3)cn2)cc1C(F)(F)F. The van der Waals surface area contributed by atoms with Crippen LogP contribution in [0.2, 0.25) is 0 Å². The van der Waals surface area contributed by atoms with Gasteiger partial charge in [-0.1, -0.05) is 6.07 Å². The second-order valence-corrected chi connectivity index (χ2v) is 14.8. The molecule has 7 rings (SSSR count). The first kappa shape index (κ1) is 36.8. The van der Waals surface area contributed by atoms with Crippen LogP contribution in [0.5, 0.6) is 0 Å². The highest BCUT2D eigenvalue weighted by Crippen LogP contribution is 2.39. The van der Waals surface area contributed by atoms with E-state index in [0.29, 0.717) is 6.04 Å². The van der Waals surface area contributed by atoms with E-state index in [1.807, 2.05) is 12.3 Å². The fourth-order valence-electron chi connectivity index (χ4n) is 7.92. The van der Waals surface area contributed by atoms with Crippen LogP contribution < -0.4 is 15.5 Å². The molecule has 3 fully saturated rings. The molecular weight excluding hydrogens is 705 g/mol. The Morgan fingerprint density at radius 1 is 0.926 bits per heavy atom. The number of carbonyl (C=O) groups excluding carboxylic acids is 5. The monoisotopic (exact) mass is 744 g/mol. The molecule has 2 N–H and O–H groups in total. The number of hydrogen-bond acceptors (Lipinski definition) is 8. The van der Waals surface area contributed by atoms with Crippen LogP contribution in [0.1, 0.15) is 90.1 Å². The molecule has 13 nitrogen and oxygen atoms in total. The van der Waals surface area contributed by atoms with Gasteiger partial charge in [-0.25, -0.2) is 4.85 Å². The fraction of sp³-hybridized carbons (Fsp3) is 0.447. The van der Waals surface area contributed by atoms with Crippen LogP contribution in [0.15, 0.2) is 48.8 Å². The molecule has 0 spiro atoms. The smallest absolute Gasteiger partial charge is 0.371 e. The van der Waals surface area contributed by atoms with Crippen LogP contribution in [-0.4, -0.2) is 87.4 Å². The van der Waals surface area contributed by atoms with Crippen LogP contribution in [0.25, 0.3) is 4.85 Å². The summed E-state index contributed by atoms with van der Waals surface area (Å²) < 4.78 is 41.9. The van der Waals surface area contributed by atoms with Crippen molar-refractivity contribution in [2.75, 3.05) is 36.4 Å². The first-order valence-corrected chi connectivity index (χ1v) is 18.0. The summed E-state index contributed by atoms with van der Waals surface area (Å²) in [5, 5.41) is 9.24. The van der Waals surface area contributed by atoms with Crippen molar-refractivity contribution in [2.24, 2.45) is 0 Å². The van der Waals surface area contributed by atoms with Crippen molar-refractivity contribution >= 4 is 46.6 Å².